The van der Waals surface area contributed by atoms with Crippen LogP contribution in [-0.4, -0.2) is 24.8 Å². The lowest BCUT2D eigenvalue weighted by atomic mass is 9.60. The quantitative estimate of drug-likeness (QED) is 0.650. The summed E-state index contributed by atoms with van der Waals surface area (Å²) in [6.07, 6.45) is 6.47. The summed E-state index contributed by atoms with van der Waals surface area (Å²) in [6, 6.07) is 0. The molecule has 1 unspecified atom stereocenters. The van der Waals surface area contributed by atoms with Gasteiger partial charge in [-0.2, -0.15) is 0 Å². The number of rotatable bonds is 2. The maximum atomic E-state index is 9.36. The highest BCUT2D eigenvalue weighted by Gasteiger charge is 2.43. The monoisotopic (exact) mass is 169 g/mol. The van der Waals surface area contributed by atoms with Gasteiger partial charge in [-0.25, -0.2) is 0 Å². The summed E-state index contributed by atoms with van der Waals surface area (Å²) < 4.78 is 0. The van der Waals surface area contributed by atoms with E-state index in [1.165, 1.54) is 38.6 Å². The molecule has 0 bridgehead atoms. The zero-order valence-electron chi connectivity index (χ0n) is 7.68. The van der Waals surface area contributed by atoms with Gasteiger partial charge < -0.3 is 10.4 Å². The fourth-order valence-corrected chi connectivity index (χ4v) is 2.70. The van der Waals surface area contributed by atoms with Gasteiger partial charge in [0.1, 0.15) is 0 Å². The molecule has 1 saturated heterocycles. The second-order valence-corrected chi connectivity index (χ2v) is 4.42. The van der Waals surface area contributed by atoms with Gasteiger partial charge in [0.2, 0.25) is 0 Å². The van der Waals surface area contributed by atoms with Gasteiger partial charge in [0.15, 0.2) is 0 Å². The van der Waals surface area contributed by atoms with Gasteiger partial charge >= 0.3 is 0 Å². The smallest absolute Gasteiger partial charge is 0.0490 e. The predicted octanol–water partition coefficient (Wildman–Crippen LogP) is 1.15. The van der Waals surface area contributed by atoms with Gasteiger partial charge in [-0.05, 0) is 50.1 Å². The predicted molar refractivity (Wildman–Crippen MR) is 49.0 cm³/mol. The van der Waals surface area contributed by atoms with Crippen molar-refractivity contribution in [2.45, 2.75) is 32.1 Å². The number of piperidine rings is 1. The maximum absolute atomic E-state index is 9.36. The molecule has 2 rings (SSSR count). The van der Waals surface area contributed by atoms with E-state index in [4.69, 9.17) is 0 Å². The Morgan fingerprint density at radius 3 is 2.58 bits per heavy atom. The SMILES string of the molecule is OCC1(C2CCCNC2)CCC1. The molecule has 1 saturated carbocycles. The normalized spacial score (nSPS) is 34.2. The molecule has 12 heavy (non-hydrogen) atoms. The number of hydrogen-bond acceptors (Lipinski definition) is 2. The summed E-state index contributed by atoms with van der Waals surface area (Å²) >= 11 is 0. The number of aliphatic hydroxyl groups is 1. The third kappa shape index (κ3) is 1.27. The van der Waals surface area contributed by atoms with E-state index in [0.717, 1.165) is 12.5 Å². The average molecular weight is 169 g/mol. The molecule has 2 fully saturated rings. The van der Waals surface area contributed by atoms with Crippen LogP contribution in [0.25, 0.3) is 0 Å². The molecule has 0 amide bonds. The lowest BCUT2D eigenvalue weighted by Crippen LogP contribution is -2.47. The molecule has 2 heteroatoms. The van der Waals surface area contributed by atoms with Gasteiger partial charge in [-0.1, -0.05) is 6.42 Å². The third-order valence-electron chi connectivity index (χ3n) is 3.83. The zero-order chi connectivity index (χ0) is 8.44. The molecule has 1 heterocycles. The van der Waals surface area contributed by atoms with E-state index in [1.54, 1.807) is 0 Å². The Balaban J connectivity index is 1.95. The summed E-state index contributed by atoms with van der Waals surface area (Å²) in [5, 5.41) is 12.8. The van der Waals surface area contributed by atoms with E-state index >= 15 is 0 Å². The second kappa shape index (κ2) is 3.35. The van der Waals surface area contributed by atoms with Crippen molar-refractivity contribution in [1.82, 2.24) is 5.32 Å². The van der Waals surface area contributed by atoms with E-state index < -0.39 is 0 Å². The van der Waals surface area contributed by atoms with Gasteiger partial charge in [0.25, 0.3) is 0 Å². The van der Waals surface area contributed by atoms with Crippen molar-refractivity contribution in [3.05, 3.63) is 0 Å². The summed E-state index contributed by atoms with van der Waals surface area (Å²) in [5.41, 5.74) is 0.327. The molecule has 0 spiro atoms. The first-order valence-electron chi connectivity index (χ1n) is 5.19. The van der Waals surface area contributed by atoms with Crippen molar-refractivity contribution in [2.24, 2.45) is 11.3 Å². The van der Waals surface area contributed by atoms with Crippen LogP contribution in [-0.2, 0) is 0 Å². The maximum Gasteiger partial charge on any atom is 0.0490 e. The first kappa shape index (κ1) is 8.52. The highest BCUT2D eigenvalue weighted by molar-refractivity contribution is 4.94. The van der Waals surface area contributed by atoms with Crippen LogP contribution in [0.3, 0.4) is 0 Å². The van der Waals surface area contributed by atoms with Crippen molar-refractivity contribution in [2.75, 3.05) is 19.7 Å². The van der Waals surface area contributed by atoms with Crippen molar-refractivity contribution >= 4 is 0 Å². The van der Waals surface area contributed by atoms with Gasteiger partial charge in [0.05, 0.1) is 0 Å². The third-order valence-corrected chi connectivity index (χ3v) is 3.83. The van der Waals surface area contributed by atoms with E-state index in [0.29, 0.717) is 12.0 Å². The van der Waals surface area contributed by atoms with Crippen molar-refractivity contribution in [1.29, 1.82) is 0 Å². The minimum absolute atomic E-state index is 0.327. The molecule has 1 aliphatic heterocycles. The molecule has 0 radical (unpaired) electrons. The van der Waals surface area contributed by atoms with Crippen LogP contribution < -0.4 is 5.32 Å². The Kier molecular flexibility index (Phi) is 2.37. The fraction of sp³-hybridized carbons (Fsp3) is 1.00. The van der Waals surface area contributed by atoms with E-state index in [1.807, 2.05) is 0 Å². The van der Waals surface area contributed by atoms with Crippen LogP contribution in [0.5, 0.6) is 0 Å². The van der Waals surface area contributed by atoms with Gasteiger partial charge in [-0.3, -0.25) is 0 Å². The van der Waals surface area contributed by atoms with Crippen LogP contribution in [0.2, 0.25) is 0 Å². The summed E-state index contributed by atoms with van der Waals surface area (Å²) in [5.74, 6) is 0.755. The molecule has 2 aliphatic rings. The molecule has 2 N–H and O–H groups in total. The molecule has 0 aromatic heterocycles. The average Bonchev–Trinajstić information content (AvgIpc) is 2.05. The van der Waals surface area contributed by atoms with E-state index in [9.17, 15) is 5.11 Å². The van der Waals surface area contributed by atoms with Crippen LogP contribution in [0.4, 0.5) is 0 Å². The molecule has 0 aromatic rings. The van der Waals surface area contributed by atoms with Gasteiger partial charge in [0, 0.05) is 6.61 Å². The Hall–Kier alpha value is -0.0800. The summed E-state index contributed by atoms with van der Waals surface area (Å²) in [4.78, 5) is 0. The standard InChI is InChI=1S/C10H19NO/c12-8-10(4-2-5-10)9-3-1-6-11-7-9/h9,11-12H,1-8H2. The van der Waals surface area contributed by atoms with Crippen LogP contribution in [0.15, 0.2) is 0 Å². The van der Waals surface area contributed by atoms with Crippen LogP contribution >= 0.6 is 0 Å². The number of aliphatic hydroxyl groups excluding tert-OH is 1. The summed E-state index contributed by atoms with van der Waals surface area (Å²) in [7, 11) is 0. The topological polar surface area (TPSA) is 32.3 Å². The first-order chi connectivity index (χ1) is 5.87. The molecular weight excluding hydrogens is 150 g/mol. The largest absolute Gasteiger partial charge is 0.396 e. The lowest BCUT2D eigenvalue weighted by Gasteiger charge is -2.48. The molecule has 0 aromatic carbocycles. The number of nitrogens with one attached hydrogen (secondary N) is 1. The number of hydrogen-bond donors (Lipinski definition) is 2. The van der Waals surface area contributed by atoms with Crippen molar-refractivity contribution in [3.63, 3.8) is 0 Å². The highest BCUT2D eigenvalue weighted by Crippen LogP contribution is 2.48. The molecule has 2 nitrogen and oxygen atoms in total. The van der Waals surface area contributed by atoms with E-state index in [-0.39, 0.29) is 0 Å². The molecule has 70 valence electrons. The molecule has 1 aliphatic carbocycles. The Labute approximate surface area is 74.4 Å². The van der Waals surface area contributed by atoms with Gasteiger partial charge in [-0.15, -0.1) is 0 Å². The van der Waals surface area contributed by atoms with E-state index in [2.05, 4.69) is 5.32 Å². The van der Waals surface area contributed by atoms with Crippen molar-refractivity contribution in [3.8, 4) is 0 Å². The van der Waals surface area contributed by atoms with Crippen molar-refractivity contribution < 1.29 is 5.11 Å². The lowest BCUT2D eigenvalue weighted by molar-refractivity contribution is -0.0226. The zero-order valence-corrected chi connectivity index (χ0v) is 7.68. The minimum atomic E-state index is 0.327. The van der Waals surface area contributed by atoms with Crippen LogP contribution in [0.1, 0.15) is 32.1 Å². The molecular formula is C10H19NO. The van der Waals surface area contributed by atoms with Crippen LogP contribution in [0, 0.1) is 11.3 Å². The Morgan fingerprint density at radius 1 is 1.33 bits per heavy atom. The first-order valence-corrected chi connectivity index (χ1v) is 5.19. The Morgan fingerprint density at radius 2 is 2.17 bits per heavy atom. The highest BCUT2D eigenvalue weighted by atomic mass is 16.3. The second-order valence-electron chi connectivity index (χ2n) is 4.42. The minimum Gasteiger partial charge on any atom is -0.396 e. The molecule has 1 atom stereocenters. The fourth-order valence-electron chi connectivity index (χ4n) is 2.70. The Bertz CT molecular complexity index is 142. The summed E-state index contributed by atoms with van der Waals surface area (Å²) in [6.45, 7) is 2.73.